The first-order chi connectivity index (χ1) is 12.5. The molecule has 0 saturated heterocycles. The van der Waals surface area contributed by atoms with Crippen molar-refractivity contribution in [3.05, 3.63) is 24.1 Å². The molecule has 1 saturated carbocycles. The van der Waals surface area contributed by atoms with E-state index in [2.05, 4.69) is 14.9 Å². The van der Waals surface area contributed by atoms with E-state index in [1.165, 1.54) is 38.5 Å². The maximum atomic E-state index is 12.4. The van der Waals surface area contributed by atoms with E-state index in [1.807, 2.05) is 6.92 Å². The maximum absolute atomic E-state index is 12.4. The van der Waals surface area contributed by atoms with Crippen LogP contribution in [0.1, 0.15) is 57.3 Å². The van der Waals surface area contributed by atoms with Gasteiger partial charge in [-0.1, -0.05) is 31.3 Å². The van der Waals surface area contributed by atoms with Gasteiger partial charge in [-0.05, 0) is 37.5 Å². The Morgan fingerprint density at radius 3 is 2.73 bits per heavy atom. The Labute approximate surface area is 154 Å². The Bertz CT molecular complexity index is 842. The van der Waals surface area contributed by atoms with Gasteiger partial charge < -0.3 is 9.26 Å². The Balaban J connectivity index is 1.93. The zero-order chi connectivity index (χ0) is 18.6. The first-order valence-electron chi connectivity index (χ1n) is 9.07. The molecule has 1 fully saturated rings. The fourth-order valence-corrected chi connectivity index (χ4v) is 4.37. The molecule has 3 rings (SSSR count). The number of benzene rings is 1. The molecule has 1 N–H and O–H groups in total. The fraction of sp³-hybridized carbons (Fsp3) is 0.556. The highest BCUT2D eigenvalue weighted by atomic mass is 32.2. The summed E-state index contributed by atoms with van der Waals surface area (Å²) in [6.07, 6.45) is 6.40. The lowest BCUT2D eigenvalue weighted by atomic mass is 9.89. The van der Waals surface area contributed by atoms with Crippen LogP contribution in [0.25, 0.3) is 11.4 Å². The van der Waals surface area contributed by atoms with Crippen LogP contribution in [0.2, 0.25) is 0 Å². The average Bonchev–Trinajstić information content (AvgIpc) is 3.16. The van der Waals surface area contributed by atoms with Crippen molar-refractivity contribution in [2.45, 2.75) is 56.3 Å². The number of rotatable bonds is 7. The molecular weight excluding hydrogens is 354 g/mol. The predicted molar refractivity (Wildman–Crippen MR) is 97.6 cm³/mol. The van der Waals surface area contributed by atoms with E-state index in [1.54, 1.807) is 6.07 Å². The van der Waals surface area contributed by atoms with Gasteiger partial charge in [-0.15, -0.1) is 0 Å². The second-order valence-electron chi connectivity index (χ2n) is 6.55. The van der Waals surface area contributed by atoms with Crippen LogP contribution in [0.15, 0.2) is 27.6 Å². The van der Waals surface area contributed by atoms with Crippen LogP contribution in [0, 0.1) is 0 Å². The molecule has 0 atom stereocenters. The monoisotopic (exact) mass is 379 g/mol. The highest BCUT2D eigenvalue weighted by Crippen LogP contribution is 2.35. The zero-order valence-electron chi connectivity index (χ0n) is 15.2. The van der Waals surface area contributed by atoms with E-state index >= 15 is 0 Å². The Hall–Kier alpha value is -1.93. The third kappa shape index (κ3) is 4.07. The van der Waals surface area contributed by atoms with Gasteiger partial charge in [-0.2, -0.15) is 4.98 Å². The van der Waals surface area contributed by atoms with Crippen LogP contribution < -0.4 is 9.46 Å². The van der Waals surface area contributed by atoms with Gasteiger partial charge in [0.25, 0.3) is 0 Å². The van der Waals surface area contributed by atoms with Crippen molar-refractivity contribution in [1.29, 1.82) is 0 Å². The predicted octanol–water partition coefficient (Wildman–Crippen LogP) is 3.48. The molecule has 0 bridgehead atoms. The molecule has 1 aromatic carbocycles. The number of hydrogen-bond donors (Lipinski definition) is 1. The van der Waals surface area contributed by atoms with Crippen LogP contribution in [0.3, 0.4) is 0 Å². The van der Waals surface area contributed by atoms with Crippen molar-refractivity contribution in [3.8, 4) is 17.1 Å². The number of aromatic nitrogens is 2. The summed E-state index contributed by atoms with van der Waals surface area (Å²) < 4.78 is 38.2. The average molecular weight is 379 g/mol. The molecule has 0 radical (unpaired) electrons. The summed E-state index contributed by atoms with van der Waals surface area (Å²) in [5, 5.41) is 4.07. The Morgan fingerprint density at radius 1 is 1.27 bits per heavy atom. The van der Waals surface area contributed by atoms with E-state index in [0.717, 1.165) is 19.3 Å². The minimum absolute atomic E-state index is 0.158. The molecule has 1 aliphatic rings. The van der Waals surface area contributed by atoms with Crippen LogP contribution in [0.4, 0.5) is 0 Å². The van der Waals surface area contributed by atoms with Crippen molar-refractivity contribution in [3.63, 3.8) is 0 Å². The van der Waals surface area contributed by atoms with Gasteiger partial charge in [0, 0.05) is 12.5 Å². The van der Waals surface area contributed by atoms with E-state index < -0.39 is 10.0 Å². The first kappa shape index (κ1) is 18.8. The lowest BCUT2D eigenvalue weighted by Gasteiger charge is -2.17. The SMILES string of the molecule is CCCNS(=O)(=O)c1ccc(OC)c(-c2noc(C3CCCCC3)n2)c1. The molecule has 1 aliphatic carbocycles. The summed E-state index contributed by atoms with van der Waals surface area (Å²) in [6, 6.07) is 4.67. The normalized spacial score (nSPS) is 15.9. The van der Waals surface area contributed by atoms with E-state index in [0.29, 0.717) is 29.6 Å². The van der Waals surface area contributed by atoms with Crippen LogP contribution in [-0.2, 0) is 10.0 Å². The van der Waals surface area contributed by atoms with Crippen molar-refractivity contribution < 1.29 is 17.7 Å². The number of nitrogens with zero attached hydrogens (tertiary/aromatic N) is 2. The smallest absolute Gasteiger partial charge is 0.240 e. The number of methoxy groups -OCH3 is 1. The first-order valence-corrected chi connectivity index (χ1v) is 10.5. The van der Waals surface area contributed by atoms with Crippen LogP contribution in [-0.4, -0.2) is 32.2 Å². The summed E-state index contributed by atoms with van der Waals surface area (Å²) in [7, 11) is -2.05. The third-order valence-electron chi connectivity index (χ3n) is 4.66. The minimum Gasteiger partial charge on any atom is -0.496 e. The summed E-state index contributed by atoms with van der Waals surface area (Å²) in [6.45, 7) is 2.30. The topological polar surface area (TPSA) is 94.3 Å². The lowest BCUT2D eigenvalue weighted by Crippen LogP contribution is -2.24. The van der Waals surface area contributed by atoms with Gasteiger partial charge in [0.15, 0.2) is 0 Å². The second kappa shape index (κ2) is 8.18. The van der Waals surface area contributed by atoms with Crippen molar-refractivity contribution >= 4 is 10.0 Å². The molecule has 0 amide bonds. The highest BCUT2D eigenvalue weighted by molar-refractivity contribution is 7.89. The maximum Gasteiger partial charge on any atom is 0.240 e. The van der Waals surface area contributed by atoms with E-state index in [4.69, 9.17) is 9.26 Å². The zero-order valence-corrected chi connectivity index (χ0v) is 16.0. The van der Waals surface area contributed by atoms with Crippen molar-refractivity contribution in [1.82, 2.24) is 14.9 Å². The molecule has 7 nitrogen and oxygen atoms in total. The summed E-state index contributed by atoms with van der Waals surface area (Å²) in [4.78, 5) is 4.68. The van der Waals surface area contributed by atoms with Gasteiger partial charge in [-0.3, -0.25) is 0 Å². The standard InChI is InChI=1S/C18H25N3O4S/c1-3-11-19-26(22,23)14-9-10-16(24-2)15(12-14)17-20-18(25-21-17)13-7-5-4-6-8-13/h9-10,12-13,19H,3-8,11H2,1-2H3. The second-order valence-corrected chi connectivity index (χ2v) is 8.32. The quantitative estimate of drug-likeness (QED) is 0.791. The molecule has 0 spiro atoms. The van der Waals surface area contributed by atoms with Crippen molar-refractivity contribution in [2.24, 2.45) is 0 Å². The summed E-state index contributed by atoms with van der Waals surface area (Å²) in [5.41, 5.74) is 0.512. The van der Waals surface area contributed by atoms with Crippen LogP contribution in [0.5, 0.6) is 5.75 Å². The highest BCUT2D eigenvalue weighted by Gasteiger charge is 2.24. The molecule has 1 heterocycles. The van der Waals surface area contributed by atoms with Crippen molar-refractivity contribution in [2.75, 3.05) is 13.7 Å². The largest absolute Gasteiger partial charge is 0.496 e. The van der Waals surface area contributed by atoms with Gasteiger partial charge >= 0.3 is 0 Å². The lowest BCUT2D eigenvalue weighted by molar-refractivity contribution is 0.314. The molecule has 8 heteroatoms. The molecule has 26 heavy (non-hydrogen) atoms. The number of hydrogen-bond acceptors (Lipinski definition) is 6. The van der Waals surface area contributed by atoms with E-state index in [9.17, 15) is 8.42 Å². The Kier molecular flexibility index (Phi) is 5.93. The molecular formula is C18H25N3O4S. The molecule has 1 aromatic heterocycles. The molecule has 0 aliphatic heterocycles. The Morgan fingerprint density at radius 2 is 2.04 bits per heavy atom. The van der Waals surface area contributed by atoms with E-state index in [-0.39, 0.29) is 10.8 Å². The third-order valence-corrected chi connectivity index (χ3v) is 6.12. The van der Waals surface area contributed by atoms with Gasteiger partial charge in [0.05, 0.1) is 17.6 Å². The number of nitrogens with one attached hydrogen (secondary N) is 1. The summed E-state index contributed by atoms with van der Waals surface area (Å²) in [5.74, 6) is 1.78. The summed E-state index contributed by atoms with van der Waals surface area (Å²) >= 11 is 0. The molecule has 2 aromatic rings. The van der Waals surface area contributed by atoms with Gasteiger partial charge in [0.1, 0.15) is 5.75 Å². The fourth-order valence-electron chi connectivity index (χ4n) is 3.21. The number of sulfonamides is 1. The minimum atomic E-state index is -3.58. The van der Waals surface area contributed by atoms with Crippen LogP contribution >= 0.6 is 0 Å². The molecule has 0 unspecified atom stereocenters. The van der Waals surface area contributed by atoms with Gasteiger partial charge in [-0.25, -0.2) is 13.1 Å². The molecule has 142 valence electrons. The van der Waals surface area contributed by atoms with Gasteiger partial charge in [0.2, 0.25) is 21.7 Å². The number of ether oxygens (including phenoxy) is 1.